The number of hydrogen-bond acceptors (Lipinski definition) is 3. The highest BCUT2D eigenvalue weighted by atomic mass is 35.5. The maximum Gasteiger partial charge on any atom is 0.407 e. The van der Waals surface area contributed by atoms with E-state index in [9.17, 15) is 9.59 Å². The van der Waals surface area contributed by atoms with E-state index in [2.05, 4.69) is 5.32 Å². The molecule has 4 nitrogen and oxygen atoms in total. The average molecular weight is 312 g/mol. The van der Waals surface area contributed by atoms with Gasteiger partial charge in [0.2, 0.25) is 0 Å². The van der Waals surface area contributed by atoms with Crippen LogP contribution in [0.25, 0.3) is 0 Å². The first-order valence-electron chi connectivity index (χ1n) is 6.79. The molecule has 0 fully saturated rings. The second-order valence-corrected chi connectivity index (χ2v) is 6.26. The SMILES string of the molecule is CC(C)(NC(=O)OCc1ccccc1)C(C)(C)C(=O)CCl. The number of Topliss-reactive ketones (excluding diaryl/α,β-unsaturated/α-hetero) is 1. The van der Waals surface area contributed by atoms with Gasteiger partial charge in [-0.3, -0.25) is 4.79 Å². The lowest BCUT2D eigenvalue weighted by Crippen LogP contribution is -2.57. The Labute approximate surface area is 130 Å². The summed E-state index contributed by atoms with van der Waals surface area (Å²) in [6, 6.07) is 9.40. The number of nitrogens with one attached hydrogen (secondary N) is 1. The number of benzene rings is 1. The van der Waals surface area contributed by atoms with Gasteiger partial charge in [-0.2, -0.15) is 0 Å². The van der Waals surface area contributed by atoms with Gasteiger partial charge in [-0.1, -0.05) is 44.2 Å². The Bertz CT molecular complexity index is 498. The lowest BCUT2D eigenvalue weighted by molar-refractivity contribution is -0.127. The van der Waals surface area contributed by atoms with E-state index in [-0.39, 0.29) is 18.3 Å². The molecular weight excluding hydrogens is 290 g/mol. The van der Waals surface area contributed by atoms with Crippen molar-refractivity contribution in [3.8, 4) is 0 Å². The van der Waals surface area contributed by atoms with E-state index in [0.29, 0.717) is 0 Å². The van der Waals surface area contributed by atoms with Crippen molar-refractivity contribution in [1.82, 2.24) is 5.32 Å². The van der Waals surface area contributed by atoms with Crippen LogP contribution in [0.5, 0.6) is 0 Å². The summed E-state index contributed by atoms with van der Waals surface area (Å²) in [6.45, 7) is 7.26. The fourth-order valence-electron chi connectivity index (χ4n) is 1.69. The van der Waals surface area contributed by atoms with Crippen molar-refractivity contribution >= 4 is 23.5 Å². The van der Waals surface area contributed by atoms with Crippen LogP contribution in [0.2, 0.25) is 0 Å². The third kappa shape index (κ3) is 4.46. The summed E-state index contributed by atoms with van der Waals surface area (Å²) in [5, 5.41) is 2.74. The molecule has 1 N–H and O–H groups in total. The topological polar surface area (TPSA) is 55.4 Å². The monoisotopic (exact) mass is 311 g/mol. The van der Waals surface area contributed by atoms with Crippen molar-refractivity contribution in [2.45, 2.75) is 39.8 Å². The van der Waals surface area contributed by atoms with Gasteiger partial charge in [-0.15, -0.1) is 11.6 Å². The number of rotatable bonds is 6. The second-order valence-electron chi connectivity index (χ2n) is 5.99. The minimum atomic E-state index is -0.791. The molecule has 0 bridgehead atoms. The standard InChI is InChI=1S/C16H22ClNO3/c1-15(2,13(19)10-17)16(3,4)18-14(20)21-11-12-8-6-5-7-9-12/h5-9H,10-11H2,1-4H3,(H,18,20). The Morgan fingerprint density at radius 3 is 2.24 bits per heavy atom. The highest BCUT2D eigenvalue weighted by molar-refractivity contribution is 6.28. The van der Waals surface area contributed by atoms with Crippen LogP contribution in [0, 0.1) is 5.41 Å². The molecule has 1 aromatic carbocycles. The normalized spacial score (nSPS) is 11.9. The second kappa shape index (κ2) is 6.94. The number of halogens is 1. The maximum atomic E-state index is 11.9. The van der Waals surface area contributed by atoms with Crippen LogP contribution >= 0.6 is 11.6 Å². The average Bonchev–Trinajstić information content (AvgIpc) is 2.44. The molecule has 0 radical (unpaired) electrons. The van der Waals surface area contributed by atoms with Crippen molar-refractivity contribution < 1.29 is 14.3 Å². The molecule has 1 aromatic rings. The largest absolute Gasteiger partial charge is 0.445 e. The molecule has 0 aliphatic carbocycles. The van der Waals surface area contributed by atoms with Crippen LogP contribution in [-0.4, -0.2) is 23.3 Å². The molecule has 0 unspecified atom stereocenters. The van der Waals surface area contributed by atoms with E-state index < -0.39 is 17.0 Å². The van der Waals surface area contributed by atoms with Gasteiger partial charge in [0.25, 0.3) is 0 Å². The highest BCUT2D eigenvalue weighted by Crippen LogP contribution is 2.32. The third-order valence-corrected chi connectivity index (χ3v) is 4.25. The van der Waals surface area contributed by atoms with Gasteiger partial charge in [0.1, 0.15) is 6.61 Å². The number of carbonyl (C=O) groups excluding carboxylic acids is 2. The molecule has 1 rings (SSSR count). The molecule has 0 saturated carbocycles. The van der Waals surface area contributed by atoms with Crippen LogP contribution < -0.4 is 5.32 Å². The summed E-state index contributed by atoms with van der Waals surface area (Å²) in [6.07, 6.45) is -0.556. The van der Waals surface area contributed by atoms with Crippen molar-refractivity contribution in [3.63, 3.8) is 0 Å². The van der Waals surface area contributed by atoms with Crippen LogP contribution in [0.1, 0.15) is 33.3 Å². The fraction of sp³-hybridized carbons (Fsp3) is 0.500. The van der Waals surface area contributed by atoms with Crippen LogP contribution in [0.3, 0.4) is 0 Å². The van der Waals surface area contributed by atoms with Gasteiger partial charge in [0.15, 0.2) is 5.78 Å². The molecule has 0 saturated heterocycles. The molecule has 1 amide bonds. The van der Waals surface area contributed by atoms with Gasteiger partial charge in [0.05, 0.1) is 5.88 Å². The van der Waals surface area contributed by atoms with E-state index >= 15 is 0 Å². The van der Waals surface area contributed by atoms with E-state index in [1.165, 1.54) is 0 Å². The predicted octanol–water partition coefficient (Wildman–Crippen LogP) is 3.53. The maximum absolute atomic E-state index is 11.9. The summed E-state index contributed by atoms with van der Waals surface area (Å²) < 4.78 is 5.18. The van der Waals surface area contributed by atoms with Gasteiger partial charge in [0, 0.05) is 11.0 Å². The Balaban J connectivity index is 2.62. The summed E-state index contributed by atoms with van der Waals surface area (Å²) in [7, 11) is 0. The molecule has 0 aliphatic rings. The smallest absolute Gasteiger partial charge is 0.407 e. The number of ketones is 1. The Morgan fingerprint density at radius 1 is 1.14 bits per heavy atom. The van der Waals surface area contributed by atoms with Crippen molar-refractivity contribution in [3.05, 3.63) is 35.9 Å². The van der Waals surface area contributed by atoms with Gasteiger partial charge < -0.3 is 10.1 Å². The third-order valence-electron chi connectivity index (χ3n) is 4.01. The Kier molecular flexibility index (Phi) is 5.78. The summed E-state index contributed by atoms with van der Waals surface area (Å²) >= 11 is 5.63. The molecule has 0 spiro atoms. The zero-order valence-corrected chi connectivity index (χ0v) is 13.7. The number of ether oxygens (including phenoxy) is 1. The van der Waals surface area contributed by atoms with E-state index in [0.717, 1.165) is 5.56 Å². The van der Waals surface area contributed by atoms with Crippen molar-refractivity contribution in [1.29, 1.82) is 0 Å². The van der Waals surface area contributed by atoms with Crippen molar-refractivity contribution in [2.75, 3.05) is 5.88 Å². The highest BCUT2D eigenvalue weighted by Gasteiger charge is 2.43. The first-order chi connectivity index (χ1) is 9.70. The van der Waals surface area contributed by atoms with E-state index in [1.54, 1.807) is 27.7 Å². The summed E-state index contributed by atoms with van der Waals surface area (Å²) in [4.78, 5) is 23.8. The number of alkyl halides is 1. The van der Waals surface area contributed by atoms with Crippen LogP contribution in [0.4, 0.5) is 4.79 Å². The van der Waals surface area contributed by atoms with Crippen LogP contribution in [0.15, 0.2) is 30.3 Å². The number of carbonyl (C=O) groups is 2. The van der Waals surface area contributed by atoms with E-state index in [4.69, 9.17) is 16.3 Å². The lowest BCUT2D eigenvalue weighted by Gasteiger charge is -2.40. The van der Waals surface area contributed by atoms with Gasteiger partial charge >= 0.3 is 6.09 Å². The predicted molar refractivity (Wildman–Crippen MR) is 83.3 cm³/mol. The molecule has 21 heavy (non-hydrogen) atoms. The summed E-state index contributed by atoms with van der Waals surface area (Å²) in [5.74, 6) is -0.213. The minimum Gasteiger partial charge on any atom is -0.445 e. The van der Waals surface area contributed by atoms with Gasteiger partial charge in [-0.25, -0.2) is 4.79 Å². The molecule has 0 heterocycles. The molecular formula is C16H22ClNO3. The van der Waals surface area contributed by atoms with Gasteiger partial charge in [-0.05, 0) is 19.4 Å². The molecule has 0 atom stereocenters. The molecule has 0 aliphatic heterocycles. The lowest BCUT2D eigenvalue weighted by atomic mass is 9.72. The van der Waals surface area contributed by atoms with E-state index in [1.807, 2.05) is 30.3 Å². The Hall–Kier alpha value is -1.55. The zero-order valence-electron chi connectivity index (χ0n) is 12.9. The molecule has 5 heteroatoms. The first-order valence-corrected chi connectivity index (χ1v) is 7.32. The molecule has 116 valence electrons. The fourth-order valence-corrected chi connectivity index (χ4v) is 2.02. The number of hydrogen-bond donors (Lipinski definition) is 1. The Morgan fingerprint density at radius 2 is 1.71 bits per heavy atom. The molecule has 0 aromatic heterocycles. The minimum absolute atomic E-state index is 0.0861. The van der Waals surface area contributed by atoms with Crippen molar-refractivity contribution in [2.24, 2.45) is 5.41 Å². The number of amides is 1. The number of alkyl carbamates (subject to hydrolysis) is 1. The summed E-state index contributed by atoms with van der Waals surface area (Å²) in [5.41, 5.74) is -0.658. The first kappa shape index (κ1) is 17.5. The quantitative estimate of drug-likeness (QED) is 0.818. The van der Waals surface area contributed by atoms with Crippen LogP contribution in [-0.2, 0) is 16.1 Å². The zero-order chi connectivity index (χ0) is 16.1.